The first-order chi connectivity index (χ1) is 10.8. The summed E-state index contributed by atoms with van der Waals surface area (Å²) < 4.78 is 5.31. The van der Waals surface area contributed by atoms with Gasteiger partial charge in [0.05, 0.1) is 13.7 Å². The zero-order chi connectivity index (χ0) is 15.4. The molecule has 0 spiro atoms. The standard InChI is InChI=1S/C18H20N2O2/c1-22-18-5-3-2-4-15(18)11-19-12-17(21)14-6-7-16-13(10-14)8-9-20-16/h2-7,10,19-20H,8-9,11-12H2,1H3. The van der Waals surface area contributed by atoms with Gasteiger partial charge in [-0.05, 0) is 36.2 Å². The molecule has 4 nitrogen and oxygen atoms in total. The second-order valence-corrected chi connectivity index (χ2v) is 5.39. The van der Waals surface area contributed by atoms with E-state index in [-0.39, 0.29) is 5.78 Å². The van der Waals surface area contributed by atoms with Gasteiger partial charge in [0.15, 0.2) is 5.78 Å². The molecule has 0 unspecified atom stereocenters. The van der Waals surface area contributed by atoms with Gasteiger partial charge < -0.3 is 15.4 Å². The number of Topliss-reactive ketones (excluding diaryl/α,β-unsaturated/α-hetero) is 1. The molecule has 22 heavy (non-hydrogen) atoms. The van der Waals surface area contributed by atoms with E-state index in [0.717, 1.165) is 35.5 Å². The number of rotatable bonds is 6. The maximum absolute atomic E-state index is 12.3. The number of carbonyl (C=O) groups is 1. The normalized spacial score (nSPS) is 12.6. The number of hydrogen-bond acceptors (Lipinski definition) is 4. The highest BCUT2D eigenvalue weighted by atomic mass is 16.5. The van der Waals surface area contributed by atoms with Crippen LogP contribution in [-0.2, 0) is 13.0 Å². The highest BCUT2D eigenvalue weighted by Gasteiger charge is 2.13. The molecular formula is C18H20N2O2. The molecule has 1 aliphatic rings. The molecule has 0 atom stereocenters. The van der Waals surface area contributed by atoms with Gasteiger partial charge in [-0.25, -0.2) is 0 Å². The second kappa shape index (κ2) is 6.62. The third kappa shape index (κ3) is 3.12. The quantitative estimate of drug-likeness (QED) is 0.805. The molecule has 0 bridgehead atoms. The molecule has 0 saturated heterocycles. The molecule has 3 rings (SSSR count). The Bertz CT molecular complexity index is 683. The van der Waals surface area contributed by atoms with Crippen LogP contribution in [0.2, 0.25) is 0 Å². The fourth-order valence-corrected chi connectivity index (χ4v) is 2.74. The minimum atomic E-state index is 0.115. The van der Waals surface area contributed by atoms with Crippen molar-refractivity contribution in [1.82, 2.24) is 5.32 Å². The summed E-state index contributed by atoms with van der Waals surface area (Å²) in [6, 6.07) is 13.7. The van der Waals surface area contributed by atoms with E-state index in [1.165, 1.54) is 5.56 Å². The first-order valence-corrected chi connectivity index (χ1v) is 7.50. The Hall–Kier alpha value is -2.33. The third-order valence-corrected chi connectivity index (χ3v) is 3.93. The van der Waals surface area contributed by atoms with Crippen molar-refractivity contribution in [3.63, 3.8) is 0 Å². The summed E-state index contributed by atoms with van der Waals surface area (Å²) in [5, 5.41) is 6.50. The third-order valence-electron chi connectivity index (χ3n) is 3.93. The van der Waals surface area contributed by atoms with E-state index < -0.39 is 0 Å². The van der Waals surface area contributed by atoms with E-state index in [2.05, 4.69) is 10.6 Å². The van der Waals surface area contributed by atoms with Gasteiger partial charge in [0.1, 0.15) is 5.75 Å². The number of para-hydroxylation sites is 1. The minimum absolute atomic E-state index is 0.115. The molecule has 2 aromatic carbocycles. The number of ether oxygens (including phenoxy) is 1. The van der Waals surface area contributed by atoms with E-state index in [9.17, 15) is 4.79 Å². The molecule has 0 saturated carbocycles. The molecule has 1 heterocycles. The van der Waals surface area contributed by atoms with Crippen LogP contribution in [0, 0.1) is 0 Å². The van der Waals surface area contributed by atoms with Crippen molar-refractivity contribution in [3.8, 4) is 5.75 Å². The minimum Gasteiger partial charge on any atom is -0.496 e. The number of benzene rings is 2. The van der Waals surface area contributed by atoms with Crippen LogP contribution in [0.25, 0.3) is 0 Å². The summed E-state index contributed by atoms with van der Waals surface area (Å²) in [4.78, 5) is 12.3. The lowest BCUT2D eigenvalue weighted by Gasteiger charge is -2.09. The zero-order valence-corrected chi connectivity index (χ0v) is 12.7. The zero-order valence-electron chi connectivity index (χ0n) is 12.7. The Morgan fingerprint density at radius 3 is 3.00 bits per heavy atom. The molecule has 114 valence electrons. The number of nitrogens with one attached hydrogen (secondary N) is 2. The Labute approximate surface area is 130 Å². The van der Waals surface area contributed by atoms with Crippen molar-refractivity contribution in [1.29, 1.82) is 0 Å². The molecule has 0 aromatic heterocycles. The fourth-order valence-electron chi connectivity index (χ4n) is 2.74. The van der Waals surface area contributed by atoms with Gasteiger partial charge in [0.2, 0.25) is 0 Å². The van der Waals surface area contributed by atoms with Crippen LogP contribution < -0.4 is 15.4 Å². The Morgan fingerprint density at radius 2 is 2.14 bits per heavy atom. The predicted molar refractivity (Wildman–Crippen MR) is 87.7 cm³/mol. The summed E-state index contributed by atoms with van der Waals surface area (Å²) in [6.07, 6.45) is 0.991. The number of carbonyl (C=O) groups excluding carboxylic acids is 1. The average Bonchev–Trinajstić information content (AvgIpc) is 3.02. The number of hydrogen-bond donors (Lipinski definition) is 2. The lowest BCUT2D eigenvalue weighted by molar-refractivity contribution is 0.0990. The largest absolute Gasteiger partial charge is 0.496 e. The van der Waals surface area contributed by atoms with Crippen LogP contribution in [-0.4, -0.2) is 26.0 Å². The van der Waals surface area contributed by atoms with Gasteiger partial charge in [-0.15, -0.1) is 0 Å². The van der Waals surface area contributed by atoms with E-state index >= 15 is 0 Å². The van der Waals surface area contributed by atoms with E-state index in [0.29, 0.717) is 13.1 Å². The van der Waals surface area contributed by atoms with Gasteiger partial charge in [0, 0.05) is 29.9 Å². The van der Waals surface area contributed by atoms with Crippen molar-refractivity contribution in [2.45, 2.75) is 13.0 Å². The Morgan fingerprint density at radius 1 is 1.27 bits per heavy atom. The summed E-state index contributed by atoms with van der Waals surface area (Å²) in [5.41, 5.74) is 4.21. The maximum Gasteiger partial charge on any atom is 0.176 e. The lowest BCUT2D eigenvalue weighted by atomic mass is 10.1. The van der Waals surface area contributed by atoms with Crippen molar-refractivity contribution >= 4 is 11.5 Å². The number of methoxy groups -OCH3 is 1. The molecule has 2 aromatic rings. The maximum atomic E-state index is 12.3. The SMILES string of the molecule is COc1ccccc1CNCC(=O)c1ccc2c(c1)CCN2. The number of fused-ring (bicyclic) bond motifs is 1. The van der Waals surface area contributed by atoms with Gasteiger partial charge >= 0.3 is 0 Å². The van der Waals surface area contributed by atoms with E-state index in [1.54, 1.807) is 7.11 Å². The molecule has 1 aliphatic heterocycles. The molecule has 0 amide bonds. The van der Waals surface area contributed by atoms with Gasteiger partial charge in [-0.2, -0.15) is 0 Å². The van der Waals surface area contributed by atoms with E-state index in [1.807, 2.05) is 42.5 Å². The highest BCUT2D eigenvalue weighted by molar-refractivity contribution is 5.98. The molecule has 0 aliphatic carbocycles. The highest BCUT2D eigenvalue weighted by Crippen LogP contribution is 2.23. The predicted octanol–water partition coefficient (Wildman–Crippen LogP) is 2.64. The number of ketones is 1. The smallest absolute Gasteiger partial charge is 0.176 e. The van der Waals surface area contributed by atoms with Crippen molar-refractivity contribution < 1.29 is 9.53 Å². The van der Waals surface area contributed by atoms with Crippen LogP contribution in [0.1, 0.15) is 21.5 Å². The van der Waals surface area contributed by atoms with Crippen LogP contribution in [0.5, 0.6) is 5.75 Å². The summed E-state index contributed by atoms with van der Waals surface area (Å²) in [6.45, 7) is 1.89. The molecular weight excluding hydrogens is 276 g/mol. The topological polar surface area (TPSA) is 50.4 Å². The molecule has 0 radical (unpaired) electrons. The average molecular weight is 296 g/mol. The molecule has 0 fully saturated rings. The summed E-state index contributed by atoms with van der Waals surface area (Å²) in [7, 11) is 1.66. The lowest BCUT2D eigenvalue weighted by Crippen LogP contribution is -2.23. The summed E-state index contributed by atoms with van der Waals surface area (Å²) in [5.74, 6) is 0.954. The van der Waals surface area contributed by atoms with Crippen LogP contribution in [0.4, 0.5) is 5.69 Å². The van der Waals surface area contributed by atoms with Crippen molar-refractivity contribution in [2.75, 3.05) is 25.5 Å². The second-order valence-electron chi connectivity index (χ2n) is 5.39. The Kier molecular flexibility index (Phi) is 4.39. The molecule has 2 N–H and O–H groups in total. The van der Waals surface area contributed by atoms with Crippen molar-refractivity contribution in [3.05, 3.63) is 59.2 Å². The van der Waals surface area contributed by atoms with Gasteiger partial charge in [0.25, 0.3) is 0 Å². The van der Waals surface area contributed by atoms with Crippen molar-refractivity contribution in [2.24, 2.45) is 0 Å². The number of anilines is 1. The van der Waals surface area contributed by atoms with Crippen LogP contribution in [0.15, 0.2) is 42.5 Å². The van der Waals surface area contributed by atoms with Crippen LogP contribution in [0.3, 0.4) is 0 Å². The van der Waals surface area contributed by atoms with Gasteiger partial charge in [-0.1, -0.05) is 18.2 Å². The first-order valence-electron chi connectivity index (χ1n) is 7.50. The monoisotopic (exact) mass is 296 g/mol. The molecule has 4 heteroatoms. The summed E-state index contributed by atoms with van der Waals surface area (Å²) >= 11 is 0. The fraction of sp³-hybridized carbons (Fsp3) is 0.278. The van der Waals surface area contributed by atoms with E-state index in [4.69, 9.17) is 4.74 Å². The Balaban J connectivity index is 1.58. The van der Waals surface area contributed by atoms with Crippen LogP contribution >= 0.6 is 0 Å². The van der Waals surface area contributed by atoms with Gasteiger partial charge in [-0.3, -0.25) is 4.79 Å². The first kappa shape index (κ1) is 14.6.